The van der Waals surface area contributed by atoms with Gasteiger partial charge in [0.2, 0.25) is 11.7 Å². The minimum absolute atomic E-state index is 0.180. The topological polar surface area (TPSA) is 98.1 Å². The highest BCUT2D eigenvalue weighted by Crippen LogP contribution is 2.26. The lowest BCUT2D eigenvalue weighted by Gasteiger charge is -1.99. The zero-order valence-corrected chi connectivity index (χ0v) is 11.6. The Kier molecular flexibility index (Phi) is 3.87. The van der Waals surface area contributed by atoms with Gasteiger partial charge in [0.25, 0.3) is 0 Å². The van der Waals surface area contributed by atoms with E-state index in [2.05, 4.69) is 47.0 Å². The molecule has 0 aliphatic carbocycles. The molecule has 8 heteroatoms. The fourth-order valence-corrected chi connectivity index (χ4v) is 2.30. The highest BCUT2D eigenvalue weighted by atomic mass is 79.9. The van der Waals surface area contributed by atoms with Crippen molar-refractivity contribution in [2.75, 3.05) is 6.61 Å². The predicted octanol–water partition coefficient (Wildman–Crippen LogP) is 1.65. The monoisotopic (exact) mass is 362 g/mol. The van der Waals surface area contributed by atoms with Crippen LogP contribution in [0.15, 0.2) is 25.7 Å². The van der Waals surface area contributed by atoms with Gasteiger partial charge in [-0.15, -0.1) is 0 Å². The number of hydrogen-bond donors (Lipinski definition) is 2. The van der Waals surface area contributed by atoms with Gasteiger partial charge in [-0.05, 0) is 37.9 Å². The molecule has 2 heterocycles. The summed E-state index contributed by atoms with van der Waals surface area (Å²) in [5.74, 6) is 0.502. The first-order chi connectivity index (χ1) is 8.11. The molecule has 0 fully saturated rings. The molecule has 0 unspecified atom stereocenters. The SMILES string of the molecule is N[C@H](CO)c1nc(-c2ncc(Br)cc2Br)no1. The fourth-order valence-electron chi connectivity index (χ4n) is 1.14. The van der Waals surface area contributed by atoms with Crippen molar-refractivity contribution in [1.82, 2.24) is 15.1 Å². The quantitative estimate of drug-likeness (QED) is 0.860. The molecule has 0 aliphatic heterocycles. The number of halogens is 2. The number of hydrogen-bond acceptors (Lipinski definition) is 6. The van der Waals surface area contributed by atoms with Crippen LogP contribution in [0.25, 0.3) is 11.5 Å². The van der Waals surface area contributed by atoms with Gasteiger partial charge >= 0.3 is 0 Å². The zero-order valence-electron chi connectivity index (χ0n) is 8.47. The zero-order chi connectivity index (χ0) is 12.4. The van der Waals surface area contributed by atoms with Crippen molar-refractivity contribution in [3.63, 3.8) is 0 Å². The fraction of sp³-hybridized carbons (Fsp3) is 0.222. The summed E-state index contributed by atoms with van der Waals surface area (Å²) >= 11 is 6.65. The average Bonchev–Trinajstić information content (AvgIpc) is 2.77. The van der Waals surface area contributed by atoms with Gasteiger partial charge < -0.3 is 15.4 Å². The van der Waals surface area contributed by atoms with Crippen LogP contribution in [0.2, 0.25) is 0 Å². The molecule has 3 N–H and O–H groups in total. The molecule has 0 aliphatic rings. The number of aromatic nitrogens is 3. The highest BCUT2D eigenvalue weighted by molar-refractivity contribution is 9.11. The van der Waals surface area contributed by atoms with Crippen LogP contribution in [0, 0.1) is 0 Å². The van der Waals surface area contributed by atoms with Gasteiger partial charge in [0.1, 0.15) is 11.7 Å². The Balaban J connectivity index is 2.37. The number of nitrogens with two attached hydrogens (primary N) is 1. The van der Waals surface area contributed by atoms with Crippen molar-refractivity contribution in [2.45, 2.75) is 6.04 Å². The van der Waals surface area contributed by atoms with Crippen molar-refractivity contribution in [1.29, 1.82) is 0 Å². The molecular formula is C9H8Br2N4O2. The first-order valence-electron chi connectivity index (χ1n) is 4.63. The van der Waals surface area contributed by atoms with E-state index in [9.17, 15) is 0 Å². The summed E-state index contributed by atoms with van der Waals surface area (Å²) in [7, 11) is 0. The summed E-state index contributed by atoms with van der Waals surface area (Å²) < 4.78 is 6.51. The predicted molar refractivity (Wildman–Crippen MR) is 66.9 cm³/mol. The third-order valence-electron chi connectivity index (χ3n) is 1.98. The van der Waals surface area contributed by atoms with Crippen molar-refractivity contribution in [2.24, 2.45) is 5.73 Å². The van der Waals surface area contributed by atoms with Gasteiger partial charge in [0, 0.05) is 15.1 Å². The summed E-state index contributed by atoms with van der Waals surface area (Å²) in [5.41, 5.74) is 6.11. The minimum atomic E-state index is -0.675. The number of aliphatic hydroxyl groups excluding tert-OH is 1. The lowest BCUT2D eigenvalue weighted by molar-refractivity contribution is 0.237. The molecule has 0 aromatic carbocycles. The molecule has 2 aromatic heterocycles. The standard InChI is InChI=1S/C9H8Br2N4O2/c10-4-1-5(11)7(13-2-4)8-14-9(17-15-8)6(12)3-16/h1-2,6,16H,3,12H2/t6-/m1/s1. The third kappa shape index (κ3) is 2.71. The van der Waals surface area contributed by atoms with Crippen molar-refractivity contribution < 1.29 is 9.63 Å². The van der Waals surface area contributed by atoms with Crippen LogP contribution in [0.1, 0.15) is 11.9 Å². The van der Waals surface area contributed by atoms with Crippen LogP contribution < -0.4 is 5.73 Å². The smallest absolute Gasteiger partial charge is 0.246 e. The minimum Gasteiger partial charge on any atom is -0.394 e. The maximum Gasteiger partial charge on any atom is 0.246 e. The van der Waals surface area contributed by atoms with Gasteiger partial charge in [-0.2, -0.15) is 4.98 Å². The van der Waals surface area contributed by atoms with E-state index >= 15 is 0 Å². The molecule has 0 saturated heterocycles. The Morgan fingerprint density at radius 3 is 2.88 bits per heavy atom. The Morgan fingerprint density at radius 1 is 1.47 bits per heavy atom. The maximum atomic E-state index is 8.88. The first-order valence-corrected chi connectivity index (χ1v) is 6.22. The second-order valence-electron chi connectivity index (χ2n) is 3.23. The molecule has 0 spiro atoms. The number of nitrogens with zero attached hydrogens (tertiary/aromatic N) is 3. The second kappa shape index (κ2) is 5.21. The largest absolute Gasteiger partial charge is 0.394 e. The van der Waals surface area contributed by atoms with E-state index in [0.29, 0.717) is 11.5 Å². The van der Waals surface area contributed by atoms with E-state index < -0.39 is 6.04 Å². The van der Waals surface area contributed by atoms with Crippen molar-refractivity contribution >= 4 is 31.9 Å². The van der Waals surface area contributed by atoms with E-state index in [1.54, 1.807) is 6.20 Å². The molecule has 0 bridgehead atoms. The second-order valence-corrected chi connectivity index (χ2v) is 5.00. The van der Waals surface area contributed by atoms with E-state index in [1.807, 2.05) is 6.07 Å². The first kappa shape index (κ1) is 12.6. The van der Waals surface area contributed by atoms with E-state index in [1.165, 1.54) is 0 Å². The van der Waals surface area contributed by atoms with Gasteiger partial charge in [-0.1, -0.05) is 5.16 Å². The Bertz CT molecular complexity index is 531. The van der Waals surface area contributed by atoms with Crippen molar-refractivity contribution in [3.05, 3.63) is 27.1 Å². The molecule has 2 rings (SSSR count). The number of pyridine rings is 1. The molecule has 0 saturated carbocycles. The lowest BCUT2D eigenvalue weighted by atomic mass is 10.3. The lowest BCUT2D eigenvalue weighted by Crippen LogP contribution is -2.14. The summed E-state index contributed by atoms with van der Waals surface area (Å²) in [4.78, 5) is 8.24. The van der Waals surface area contributed by atoms with Crippen LogP contribution in [0.3, 0.4) is 0 Å². The van der Waals surface area contributed by atoms with Gasteiger partial charge in [-0.25, -0.2) is 0 Å². The van der Waals surface area contributed by atoms with Crippen LogP contribution in [0.4, 0.5) is 0 Å². The van der Waals surface area contributed by atoms with Crippen LogP contribution in [0.5, 0.6) is 0 Å². The van der Waals surface area contributed by atoms with Crippen molar-refractivity contribution in [3.8, 4) is 11.5 Å². The van der Waals surface area contributed by atoms with Gasteiger partial charge in [0.05, 0.1) is 6.61 Å². The molecule has 0 radical (unpaired) electrons. The molecule has 0 amide bonds. The number of aliphatic hydroxyl groups is 1. The van der Waals surface area contributed by atoms with E-state index in [-0.39, 0.29) is 12.5 Å². The van der Waals surface area contributed by atoms with E-state index in [0.717, 1.165) is 8.95 Å². The molecule has 2 aromatic rings. The molecule has 6 nitrogen and oxygen atoms in total. The Morgan fingerprint density at radius 2 is 2.24 bits per heavy atom. The molecule has 17 heavy (non-hydrogen) atoms. The highest BCUT2D eigenvalue weighted by Gasteiger charge is 2.17. The van der Waals surface area contributed by atoms with E-state index in [4.69, 9.17) is 15.4 Å². The Labute approximate surface area is 113 Å². The van der Waals surface area contributed by atoms with Crippen LogP contribution >= 0.6 is 31.9 Å². The summed E-state index contributed by atoms with van der Waals surface area (Å²) in [6.45, 7) is -0.253. The van der Waals surface area contributed by atoms with Gasteiger partial charge in [-0.3, -0.25) is 4.98 Å². The van der Waals surface area contributed by atoms with Gasteiger partial charge in [0.15, 0.2) is 0 Å². The molecule has 90 valence electrons. The normalized spacial score (nSPS) is 12.7. The third-order valence-corrected chi connectivity index (χ3v) is 3.01. The molecular weight excluding hydrogens is 356 g/mol. The molecule has 1 atom stereocenters. The summed E-state index contributed by atoms with van der Waals surface area (Å²) in [5, 5.41) is 12.6. The average molecular weight is 364 g/mol. The Hall–Kier alpha value is -0.830. The number of rotatable bonds is 3. The maximum absolute atomic E-state index is 8.88. The van der Waals surface area contributed by atoms with Crippen LogP contribution in [-0.4, -0.2) is 26.8 Å². The summed E-state index contributed by atoms with van der Waals surface area (Å²) in [6, 6.07) is 1.15. The summed E-state index contributed by atoms with van der Waals surface area (Å²) in [6.07, 6.45) is 1.63. The van der Waals surface area contributed by atoms with Crippen LogP contribution in [-0.2, 0) is 0 Å².